The van der Waals surface area contributed by atoms with Crippen molar-refractivity contribution in [2.24, 2.45) is 0 Å². The number of halogens is 1. The van der Waals surface area contributed by atoms with Gasteiger partial charge in [-0.2, -0.15) is 0 Å². The molecule has 0 aliphatic rings. The van der Waals surface area contributed by atoms with Crippen molar-refractivity contribution in [3.63, 3.8) is 0 Å². The fourth-order valence-corrected chi connectivity index (χ4v) is 0. The Morgan fingerprint density at radius 2 is 1.71 bits per heavy atom. The first-order valence-corrected chi connectivity index (χ1v) is 1.80. The summed E-state index contributed by atoms with van der Waals surface area (Å²) in [6, 6.07) is 0. The number of alkyl halides is 1. The minimum absolute atomic E-state index is 0. The Morgan fingerprint density at radius 3 is 1.71 bits per heavy atom. The molecule has 7 heavy (non-hydrogen) atoms. The van der Waals surface area contributed by atoms with E-state index in [2.05, 4.69) is 0 Å². The van der Waals surface area contributed by atoms with E-state index in [1.165, 1.54) is 0 Å². The number of rotatable bonds is 1. The van der Waals surface area contributed by atoms with Crippen LogP contribution < -0.4 is 0 Å². The zero-order valence-corrected chi connectivity index (χ0v) is 9.70. The third-order valence-electron chi connectivity index (χ3n) is 0.188. The molecule has 0 aliphatic carbocycles. The molecule has 2 radical (unpaired) electrons. The molecule has 0 bridgehead atoms. The van der Waals surface area contributed by atoms with Gasteiger partial charge in [0, 0.05) is 59.1 Å². The van der Waals surface area contributed by atoms with Crippen molar-refractivity contribution in [2.75, 3.05) is 0 Å². The maximum atomic E-state index is 9.37. The van der Waals surface area contributed by atoms with Gasteiger partial charge in [0.1, 0.15) is 6.29 Å². The van der Waals surface area contributed by atoms with Crippen molar-refractivity contribution >= 4 is 77.0 Å². The van der Waals surface area contributed by atoms with Gasteiger partial charge < -0.3 is 4.79 Å². The minimum atomic E-state index is -0.324. The normalized spacial score (nSPS) is 10.0. The molecule has 0 rings (SSSR count). The van der Waals surface area contributed by atoms with Crippen LogP contribution in [0.4, 0.5) is 0 Å². The van der Waals surface area contributed by atoms with E-state index in [0.717, 1.165) is 0 Å². The van der Waals surface area contributed by atoms with Gasteiger partial charge in [-0.15, -0.1) is 11.6 Å². The molecule has 1 unspecified atom stereocenters. The van der Waals surface area contributed by atoms with Crippen LogP contribution >= 0.6 is 11.6 Å². The molecule has 0 aromatic carbocycles. The molecular formula is C3H5ClNa2O. The minimum Gasteiger partial charge on any atom is -0.302 e. The molecule has 0 fully saturated rings. The molecule has 4 heteroatoms. The number of hydrogen-bond donors (Lipinski definition) is 0. The van der Waals surface area contributed by atoms with Crippen LogP contribution in [0.5, 0.6) is 0 Å². The van der Waals surface area contributed by atoms with Gasteiger partial charge in [0.05, 0.1) is 5.38 Å². The van der Waals surface area contributed by atoms with E-state index in [0.29, 0.717) is 6.29 Å². The van der Waals surface area contributed by atoms with Crippen molar-refractivity contribution in [3.05, 3.63) is 0 Å². The van der Waals surface area contributed by atoms with Crippen LogP contribution in [0.1, 0.15) is 6.92 Å². The maximum absolute atomic E-state index is 9.37. The van der Waals surface area contributed by atoms with E-state index in [-0.39, 0.29) is 64.5 Å². The molecule has 0 saturated carbocycles. The Hall–Kier alpha value is 1.96. The number of carbonyl (C=O) groups is 1. The molecule has 0 spiro atoms. The predicted molar refractivity (Wildman–Crippen MR) is 32.9 cm³/mol. The summed E-state index contributed by atoms with van der Waals surface area (Å²) in [5.74, 6) is 0. The third-order valence-corrected chi connectivity index (χ3v) is 0.290. The maximum Gasteiger partial charge on any atom is 0.137 e. The first kappa shape index (κ1) is 16.0. The van der Waals surface area contributed by atoms with Crippen LogP contribution in [0, 0.1) is 0 Å². The Labute approximate surface area is 92.8 Å². The molecule has 0 amide bonds. The topological polar surface area (TPSA) is 17.1 Å². The summed E-state index contributed by atoms with van der Waals surface area (Å²) in [6.07, 6.45) is 0.682. The van der Waals surface area contributed by atoms with Crippen molar-refractivity contribution in [1.29, 1.82) is 0 Å². The van der Waals surface area contributed by atoms with Crippen molar-refractivity contribution in [1.82, 2.24) is 0 Å². The van der Waals surface area contributed by atoms with Gasteiger partial charge in [-0.05, 0) is 6.92 Å². The molecular weight excluding hydrogens is 133 g/mol. The fourth-order valence-electron chi connectivity index (χ4n) is 0. The molecule has 1 nitrogen and oxygen atoms in total. The second kappa shape index (κ2) is 10.9. The first-order valence-electron chi connectivity index (χ1n) is 1.36. The van der Waals surface area contributed by atoms with E-state index in [4.69, 9.17) is 11.6 Å². The number of carbonyl (C=O) groups excluding carboxylic acids is 1. The molecule has 32 valence electrons. The van der Waals surface area contributed by atoms with Gasteiger partial charge in [0.15, 0.2) is 0 Å². The van der Waals surface area contributed by atoms with E-state index < -0.39 is 0 Å². The Bertz CT molecular complexity index is 39.9. The second-order valence-electron chi connectivity index (χ2n) is 0.814. The van der Waals surface area contributed by atoms with Crippen LogP contribution in [0.15, 0.2) is 0 Å². The summed E-state index contributed by atoms with van der Waals surface area (Å²) in [4.78, 5) is 9.37. The molecule has 0 aliphatic heterocycles. The van der Waals surface area contributed by atoms with Gasteiger partial charge in [-0.3, -0.25) is 0 Å². The van der Waals surface area contributed by atoms with E-state index in [9.17, 15) is 4.79 Å². The van der Waals surface area contributed by atoms with E-state index in [1.54, 1.807) is 6.92 Å². The van der Waals surface area contributed by atoms with Gasteiger partial charge in [-0.1, -0.05) is 0 Å². The van der Waals surface area contributed by atoms with Crippen molar-refractivity contribution < 1.29 is 4.79 Å². The Balaban J connectivity index is -0.0000000800. The van der Waals surface area contributed by atoms with Crippen LogP contribution in [-0.2, 0) is 4.79 Å². The van der Waals surface area contributed by atoms with Crippen molar-refractivity contribution in [3.8, 4) is 0 Å². The third kappa shape index (κ3) is 18.0. The average Bonchev–Trinajstić information content (AvgIpc) is 1.38. The Kier molecular flexibility index (Phi) is 24.8. The summed E-state index contributed by atoms with van der Waals surface area (Å²) in [6.45, 7) is 1.62. The molecule has 0 N–H and O–H groups in total. The van der Waals surface area contributed by atoms with Crippen LogP contribution in [-0.4, -0.2) is 70.8 Å². The molecule has 0 aromatic heterocycles. The zero-order chi connectivity index (χ0) is 4.28. The summed E-state index contributed by atoms with van der Waals surface area (Å²) < 4.78 is 0. The van der Waals surface area contributed by atoms with Gasteiger partial charge in [0.25, 0.3) is 0 Å². The van der Waals surface area contributed by atoms with Crippen molar-refractivity contribution in [2.45, 2.75) is 12.3 Å². The quantitative estimate of drug-likeness (QED) is 0.284. The Morgan fingerprint density at radius 1 is 1.57 bits per heavy atom. The molecule has 0 aromatic rings. The predicted octanol–water partition coefficient (Wildman–Crippen LogP) is 0.0510. The smallest absolute Gasteiger partial charge is 0.137 e. The first-order chi connectivity index (χ1) is 2.27. The number of aldehydes is 1. The van der Waals surface area contributed by atoms with Gasteiger partial charge >= 0.3 is 0 Å². The fraction of sp³-hybridized carbons (Fsp3) is 0.667. The largest absolute Gasteiger partial charge is 0.302 e. The zero-order valence-electron chi connectivity index (χ0n) is 4.94. The summed E-state index contributed by atoms with van der Waals surface area (Å²) in [7, 11) is 0. The summed E-state index contributed by atoms with van der Waals surface area (Å²) >= 11 is 5.09. The van der Waals surface area contributed by atoms with Gasteiger partial charge in [-0.25, -0.2) is 0 Å². The average molecular weight is 139 g/mol. The molecule has 0 saturated heterocycles. The number of hydrogen-bond acceptors (Lipinski definition) is 1. The van der Waals surface area contributed by atoms with E-state index in [1.807, 2.05) is 0 Å². The molecule has 0 heterocycles. The van der Waals surface area contributed by atoms with Crippen LogP contribution in [0.2, 0.25) is 0 Å². The summed E-state index contributed by atoms with van der Waals surface area (Å²) in [5.41, 5.74) is 0. The van der Waals surface area contributed by atoms with Crippen LogP contribution in [0.25, 0.3) is 0 Å². The second-order valence-corrected chi connectivity index (χ2v) is 1.50. The molecule has 1 atom stereocenters. The van der Waals surface area contributed by atoms with Gasteiger partial charge in [0.2, 0.25) is 0 Å². The monoisotopic (exact) mass is 138 g/mol. The SMILES string of the molecule is CC(Cl)C=O.[Na].[Na]. The summed E-state index contributed by atoms with van der Waals surface area (Å²) in [5, 5.41) is -0.324. The van der Waals surface area contributed by atoms with E-state index >= 15 is 0 Å². The standard InChI is InChI=1S/C3H5ClO.2Na/c1-3(4)2-5;;/h2-3H,1H3;;. The van der Waals surface area contributed by atoms with Crippen LogP contribution in [0.3, 0.4) is 0 Å².